The molecule has 8 heteroatoms. The Balaban J connectivity index is 2.33. The van der Waals surface area contributed by atoms with Crippen molar-refractivity contribution in [2.24, 2.45) is 5.92 Å². The topological polar surface area (TPSA) is 98.7 Å². The first-order valence-electron chi connectivity index (χ1n) is 8.96. The van der Waals surface area contributed by atoms with Crippen LogP contribution in [0.15, 0.2) is 18.2 Å². The van der Waals surface area contributed by atoms with Gasteiger partial charge in [0.25, 0.3) is 0 Å². The number of carbonyl (C=O) groups excluding carboxylic acids is 2. The zero-order chi connectivity index (χ0) is 20.3. The van der Waals surface area contributed by atoms with Crippen LogP contribution in [0.3, 0.4) is 0 Å². The van der Waals surface area contributed by atoms with Crippen LogP contribution in [0.25, 0.3) is 0 Å². The summed E-state index contributed by atoms with van der Waals surface area (Å²) in [7, 11) is 1.64. The molecule has 0 bridgehead atoms. The first-order chi connectivity index (χ1) is 12.7. The molecule has 1 aromatic carbocycles. The average Bonchev–Trinajstić information content (AvgIpc) is 2.62. The number of hydrogen-bond donors (Lipinski definition) is 3. The Labute approximate surface area is 157 Å². The van der Waals surface area contributed by atoms with Gasteiger partial charge in [-0.1, -0.05) is 19.9 Å². The van der Waals surface area contributed by atoms with Crippen LogP contribution in [0.2, 0.25) is 0 Å². The van der Waals surface area contributed by atoms with E-state index in [0.29, 0.717) is 17.5 Å². The van der Waals surface area contributed by atoms with Gasteiger partial charge in [-0.15, -0.1) is 0 Å². The third-order valence-electron chi connectivity index (χ3n) is 4.91. The fourth-order valence-electron chi connectivity index (χ4n) is 3.20. The standard InChI is InChI=1S/C19H26FN3O4/c1-10(2)15(22-17(24)11(3)21-4)18(25)23-8-7-12-9-13(20)5-6-14(12)16(23)19(26)27/h5-6,9-11,15-16,21H,7-8H2,1-4H3,(H,22,24)(H,26,27). The molecule has 3 N–H and O–H groups in total. The third-order valence-corrected chi connectivity index (χ3v) is 4.91. The lowest BCUT2D eigenvalue weighted by Gasteiger charge is -2.38. The molecule has 0 saturated heterocycles. The summed E-state index contributed by atoms with van der Waals surface area (Å²) < 4.78 is 13.5. The molecule has 7 nitrogen and oxygen atoms in total. The molecular weight excluding hydrogens is 353 g/mol. The second-order valence-corrected chi connectivity index (χ2v) is 7.11. The van der Waals surface area contributed by atoms with Crippen molar-refractivity contribution in [2.45, 2.75) is 45.3 Å². The predicted octanol–water partition coefficient (Wildman–Crippen LogP) is 1.08. The highest BCUT2D eigenvalue weighted by molar-refractivity contribution is 5.92. The Hall–Kier alpha value is -2.48. The van der Waals surface area contributed by atoms with Gasteiger partial charge in [-0.05, 0) is 49.6 Å². The summed E-state index contributed by atoms with van der Waals surface area (Å²) in [6.07, 6.45) is 0.355. The van der Waals surface area contributed by atoms with Gasteiger partial charge in [-0.25, -0.2) is 9.18 Å². The van der Waals surface area contributed by atoms with E-state index >= 15 is 0 Å². The Bertz CT molecular complexity index is 738. The highest BCUT2D eigenvalue weighted by atomic mass is 19.1. The molecule has 1 aliphatic heterocycles. The van der Waals surface area contributed by atoms with Crippen molar-refractivity contribution in [2.75, 3.05) is 13.6 Å². The van der Waals surface area contributed by atoms with Crippen LogP contribution in [0.5, 0.6) is 0 Å². The highest BCUT2D eigenvalue weighted by Crippen LogP contribution is 2.31. The van der Waals surface area contributed by atoms with Gasteiger partial charge in [0.05, 0.1) is 6.04 Å². The van der Waals surface area contributed by atoms with Gasteiger partial charge in [0.2, 0.25) is 11.8 Å². The molecule has 0 aliphatic carbocycles. The predicted molar refractivity (Wildman–Crippen MR) is 97.5 cm³/mol. The Morgan fingerprint density at radius 3 is 2.48 bits per heavy atom. The van der Waals surface area contributed by atoms with Crippen molar-refractivity contribution >= 4 is 17.8 Å². The van der Waals surface area contributed by atoms with E-state index in [9.17, 15) is 23.9 Å². The van der Waals surface area contributed by atoms with Crippen LogP contribution < -0.4 is 10.6 Å². The van der Waals surface area contributed by atoms with Crippen molar-refractivity contribution in [3.63, 3.8) is 0 Å². The number of rotatable bonds is 6. The van der Waals surface area contributed by atoms with Crippen molar-refractivity contribution in [3.05, 3.63) is 35.1 Å². The minimum absolute atomic E-state index is 0.146. The Kier molecular flexibility index (Phi) is 6.54. The number of likely N-dealkylation sites (N-methyl/N-ethyl adjacent to an activating group) is 1. The molecule has 2 rings (SSSR count). The zero-order valence-electron chi connectivity index (χ0n) is 16.0. The molecular formula is C19H26FN3O4. The molecule has 148 valence electrons. The lowest BCUT2D eigenvalue weighted by molar-refractivity contribution is -0.153. The normalized spacial score (nSPS) is 18.6. The summed E-state index contributed by atoms with van der Waals surface area (Å²) in [5.74, 6) is -2.64. The van der Waals surface area contributed by atoms with E-state index in [1.54, 1.807) is 27.8 Å². The molecule has 1 heterocycles. The summed E-state index contributed by atoms with van der Waals surface area (Å²) in [6.45, 7) is 5.39. The van der Waals surface area contributed by atoms with E-state index in [0.717, 1.165) is 0 Å². The largest absolute Gasteiger partial charge is 0.479 e. The number of carbonyl (C=O) groups is 3. The van der Waals surface area contributed by atoms with Crippen LogP contribution in [0, 0.1) is 11.7 Å². The minimum atomic E-state index is -1.21. The number of benzene rings is 1. The number of hydrogen-bond acceptors (Lipinski definition) is 4. The molecule has 3 unspecified atom stereocenters. The van der Waals surface area contributed by atoms with Crippen LogP contribution in [0.4, 0.5) is 4.39 Å². The summed E-state index contributed by atoms with van der Waals surface area (Å²) in [5, 5.41) is 15.2. The van der Waals surface area contributed by atoms with Gasteiger partial charge in [-0.3, -0.25) is 9.59 Å². The van der Waals surface area contributed by atoms with Gasteiger partial charge < -0.3 is 20.6 Å². The number of aliphatic carboxylic acids is 1. The Morgan fingerprint density at radius 2 is 1.93 bits per heavy atom. The van der Waals surface area contributed by atoms with Gasteiger partial charge in [0.1, 0.15) is 11.9 Å². The van der Waals surface area contributed by atoms with E-state index < -0.39 is 35.8 Å². The van der Waals surface area contributed by atoms with Gasteiger partial charge >= 0.3 is 5.97 Å². The van der Waals surface area contributed by atoms with Crippen molar-refractivity contribution in [1.29, 1.82) is 0 Å². The van der Waals surface area contributed by atoms with E-state index in [4.69, 9.17) is 0 Å². The van der Waals surface area contributed by atoms with Crippen LogP contribution in [-0.4, -0.2) is 53.5 Å². The van der Waals surface area contributed by atoms with Crippen molar-refractivity contribution < 1.29 is 23.9 Å². The monoisotopic (exact) mass is 379 g/mol. The number of carboxylic acid groups (broad SMARTS) is 1. The first-order valence-corrected chi connectivity index (χ1v) is 8.96. The summed E-state index contributed by atoms with van der Waals surface area (Å²) in [6, 6.07) is 1.37. The van der Waals surface area contributed by atoms with Gasteiger partial charge in [0, 0.05) is 6.54 Å². The van der Waals surface area contributed by atoms with Crippen molar-refractivity contribution in [1.82, 2.24) is 15.5 Å². The lowest BCUT2D eigenvalue weighted by atomic mass is 9.90. The summed E-state index contributed by atoms with van der Waals surface area (Å²) >= 11 is 0. The van der Waals surface area contributed by atoms with Crippen LogP contribution >= 0.6 is 0 Å². The number of carboxylic acids is 1. The maximum Gasteiger partial charge on any atom is 0.331 e. The third kappa shape index (κ3) is 4.44. The molecule has 0 aromatic heterocycles. The van der Waals surface area contributed by atoms with E-state index in [1.165, 1.54) is 23.1 Å². The summed E-state index contributed by atoms with van der Waals surface area (Å²) in [4.78, 5) is 38.5. The summed E-state index contributed by atoms with van der Waals surface area (Å²) in [5.41, 5.74) is 0.987. The maximum absolute atomic E-state index is 13.5. The lowest BCUT2D eigenvalue weighted by Crippen LogP contribution is -2.56. The minimum Gasteiger partial charge on any atom is -0.479 e. The zero-order valence-corrected chi connectivity index (χ0v) is 16.0. The number of fused-ring (bicyclic) bond motifs is 1. The fourth-order valence-corrected chi connectivity index (χ4v) is 3.20. The molecule has 2 amide bonds. The fraction of sp³-hybridized carbons (Fsp3) is 0.526. The van der Waals surface area contributed by atoms with Crippen LogP contribution in [-0.2, 0) is 20.8 Å². The maximum atomic E-state index is 13.5. The van der Waals surface area contributed by atoms with E-state index in [1.807, 2.05) is 0 Å². The number of amides is 2. The molecule has 0 spiro atoms. The quantitative estimate of drug-likeness (QED) is 0.687. The molecule has 27 heavy (non-hydrogen) atoms. The van der Waals surface area contributed by atoms with Crippen LogP contribution in [0.1, 0.15) is 37.9 Å². The van der Waals surface area contributed by atoms with Gasteiger partial charge in [0.15, 0.2) is 6.04 Å². The molecule has 0 radical (unpaired) electrons. The molecule has 1 aliphatic rings. The highest BCUT2D eigenvalue weighted by Gasteiger charge is 2.40. The molecule has 0 fully saturated rings. The number of nitrogens with one attached hydrogen (secondary N) is 2. The van der Waals surface area contributed by atoms with Crippen molar-refractivity contribution in [3.8, 4) is 0 Å². The molecule has 0 saturated carbocycles. The first kappa shape index (κ1) is 20.8. The average molecular weight is 379 g/mol. The SMILES string of the molecule is CNC(C)C(=O)NC(C(=O)N1CCc2cc(F)ccc2C1C(=O)O)C(C)C. The van der Waals surface area contributed by atoms with E-state index in [-0.39, 0.29) is 18.4 Å². The Morgan fingerprint density at radius 1 is 1.26 bits per heavy atom. The number of halogens is 1. The second-order valence-electron chi connectivity index (χ2n) is 7.11. The number of nitrogens with zero attached hydrogens (tertiary/aromatic N) is 1. The van der Waals surface area contributed by atoms with Gasteiger partial charge in [-0.2, -0.15) is 0 Å². The molecule has 1 aromatic rings. The van der Waals surface area contributed by atoms with E-state index in [2.05, 4.69) is 10.6 Å². The molecule has 3 atom stereocenters. The second kappa shape index (κ2) is 8.47. The smallest absolute Gasteiger partial charge is 0.331 e.